The van der Waals surface area contributed by atoms with Gasteiger partial charge >= 0.3 is 0 Å². The van der Waals surface area contributed by atoms with Gasteiger partial charge in [-0.15, -0.1) is 0 Å². The van der Waals surface area contributed by atoms with Crippen molar-refractivity contribution in [2.75, 3.05) is 6.54 Å². The smallest absolute Gasteiger partial charge is 0.0691 e. The number of hydrazone groups is 1. The van der Waals surface area contributed by atoms with Crippen LogP contribution in [0.3, 0.4) is 0 Å². The Morgan fingerprint density at radius 3 is 2.86 bits per heavy atom. The molecule has 0 N–H and O–H groups in total. The Labute approximate surface area is 43.8 Å². The molecule has 0 aromatic carbocycles. The van der Waals surface area contributed by atoms with Crippen LogP contribution in [0.2, 0.25) is 0 Å². The van der Waals surface area contributed by atoms with E-state index in [1.54, 1.807) is 0 Å². The standard InChI is InChI=1S/C5H9N2/c1-6-7-4-2-3-5-7/h4H,1-3,5H2. The lowest BCUT2D eigenvalue weighted by molar-refractivity contribution is 0.415. The van der Waals surface area contributed by atoms with Crippen molar-refractivity contribution in [3.05, 3.63) is 6.54 Å². The van der Waals surface area contributed by atoms with E-state index in [9.17, 15) is 0 Å². The Balaban J connectivity index is 2.26. The number of nitrogens with zero attached hydrogens (tertiary/aromatic N) is 2. The fourth-order valence-corrected chi connectivity index (χ4v) is 0.713. The molecule has 1 aliphatic rings. The fourth-order valence-electron chi connectivity index (χ4n) is 0.713. The van der Waals surface area contributed by atoms with Gasteiger partial charge in [-0.2, -0.15) is 5.10 Å². The van der Waals surface area contributed by atoms with E-state index in [4.69, 9.17) is 0 Å². The van der Waals surface area contributed by atoms with E-state index in [-0.39, 0.29) is 0 Å². The quantitative estimate of drug-likeness (QED) is 0.443. The van der Waals surface area contributed by atoms with Gasteiger partial charge in [0.25, 0.3) is 0 Å². The van der Waals surface area contributed by atoms with Crippen LogP contribution in [0.5, 0.6) is 0 Å². The van der Waals surface area contributed by atoms with Crippen molar-refractivity contribution in [2.24, 2.45) is 5.10 Å². The molecule has 7 heavy (non-hydrogen) atoms. The van der Waals surface area contributed by atoms with E-state index in [2.05, 4.69) is 18.4 Å². The highest BCUT2D eigenvalue weighted by molar-refractivity contribution is 5.22. The van der Waals surface area contributed by atoms with Crippen molar-refractivity contribution in [2.45, 2.75) is 12.8 Å². The van der Waals surface area contributed by atoms with Crippen molar-refractivity contribution in [3.63, 3.8) is 0 Å². The predicted octanol–water partition coefficient (Wildman–Crippen LogP) is 0.860. The van der Waals surface area contributed by atoms with E-state index in [1.807, 2.05) is 5.01 Å². The van der Waals surface area contributed by atoms with Crippen LogP contribution in [0.1, 0.15) is 12.8 Å². The highest BCUT2D eigenvalue weighted by Gasteiger charge is 2.06. The second-order valence-corrected chi connectivity index (χ2v) is 1.63. The Morgan fingerprint density at radius 1 is 1.71 bits per heavy atom. The van der Waals surface area contributed by atoms with Gasteiger partial charge in [0.2, 0.25) is 0 Å². The monoisotopic (exact) mass is 97.1 g/mol. The third kappa shape index (κ3) is 0.918. The summed E-state index contributed by atoms with van der Waals surface area (Å²) in [6.07, 6.45) is 2.40. The molecule has 0 bridgehead atoms. The summed E-state index contributed by atoms with van der Waals surface area (Å²) in [4.78, 5) is 0. The first-order valence-corrected chi connectivity index (χ1v) is 2.50. The highest BCUT2D eigenvalue weighted by atomic mass is 15.4. The second kappa shape index (κ2) is 1.96. The second-order valence-electron chi connectivity index (χ2n) is 1.63. The summed E-state index contributed by atoms with van der Waals surface area (Å²) in [6, 6.07) is 0. The molecular formula is C5H9N2. The first kappa shape index (κ1) is 4.62. The van der Waals surface area contributed by atoms with Gasteiger partial charge in [0, 0.05) is 13.3 Å². The SMILES string of the molecule is C=NN1[CH]CCC1. The average molecular weight is 97.1 g/mol. The molecule has 1 saturated heterocycles. The Kier molecular flexibility index (Phi) is 1.29. The molecular weight excluding hydrogens is 88.1 g/mol. The van der Waals surface area contributed by atoms with Gasteiger partial charge in [-0.05, 0) is 12.8 Å². The van der Waals surface area contributed by atoms with Gasteiger partial charge in [0.15, 0.2) is 0 Å². The van der Waals surface area contributed by atoms with Crippen molar-refractivity contribution >= 4 is 6.72 Å². The summed E-state index contributed by atoms with van der Waals surface area (Å²) in [7, 11) is 0. The van der Waals surface area contributed by atoms with Gasteiger partial charge in [-0.25, -0.2) is 0 Å². The minimum Gasteiger partial charge on any atom is -0.292 e. The predicted molar refractivity (Wildman–Crippen MR) is 29.8 cm³/mol. The highest BCUT2D eigenvalue weighted by Crippen LogP contribution is 2.10. The molecule has 1 heterocycles. The maximum absolute atomic E-state index is 3.72. The van der Waals surface area contributed by atoms with Crippen LogP contribution in [-0.2, 0) is 0 Å². The van der Waals surface area contributed by atoms with Crippen LogP contribution in [0.15, 0.2) is 5.10 Å². The van der Waals surface area contributed by atoms with E-state index < -0.39 is 0 Å². The van der Waals surface area contributed by atoms with Gasteiger partial charge in [-0.3, -0.25) is 5.01 Å². The molecule has 1 aliphatic heterocycles. The van der Waals surface area contributed by atoms with Crippen LogP contribution in [0, 0.1) is 6.54 Å². The molecule has 0 aromatic heterocycles. The van der Waals surface area contributed by atoms with E-state index in [0.717, 1.165) is 6.54 Å². The summed E-state index contributed by atoms with van der Waals surface area (Å²) in [5, 5.41) is 5.59. The zero-order valence-corrected chi connectivity index (χ0v) is 4.30. The molecule has 0 spiro atoms. The third-order valence-corrected chi connectivity index (χ3v) is 1.11. The molecule has 2 nitrogen and oxygen atoms in total. The van der Waals surface area contributed by atoms with E-state index >= 15 is 0 Å². The van der Waals surface area contributed by atoms with Crippen LogP contribution < -0.4 is 0 Å². The van der Waals surface area contributed by atoms with Crippen LogP contribution in [-0.4, -0.2) is 18.3 Å². The van der Waals surface area contributed by atoms with Crippen LogP contribution >= 0.6 is 0 Å². The maximum atomic E-state index is 3.72. The van der Waals surface area contributed by atoms with E-state index in [0.29, 0.717) is 0 Å². The first-order chi connectivity index (χ1) is 3.43. The minimum absolute atomic E-state index is 1.06. The Morgan fingerprint density at radius 2 is 2.57 bits per heavy atom. The van der Waals surface area contributed by atoms with Crippen molar-refractivity contribution < 1.29 is 0 Å². The molecule has 1 rings (SSSR count). The molecule has 2 heteroatoms. The number of hydrogen-bond donors (Lipinski definition) is 0. The lowest BCUT2D eigenvalue weighted by atomic mass is 10.4. The van der Waals surface area contributed by atoms with Crippen LogP contribution in [0.4, 0.5) is 0 Å². The van der Waals surface area contributed by atoms with Crippen molar-refractivity contribution in [1.82, 2.24) is 5.01 Å². The van der Waals surface area contributed by atoms with Crippen molar-refractivity contribution in [1.29, 1.82) is 0 Å². The molecule has 0 unspecified atom stereocenters. The molecule has 0 saturated carbocycles. The van der Waals surface area contributed by atoms with Gasteiger partial charge in [0.1, 0.15) is 0 Å². The summed E-state index contributed by atoms with van der Waals surface area (Å²) in [6.45, 7) is 6.51. The zero-order valence-electron chi connectivity index (χ0n) is 4.30. The summed E-state index contributed by atoms with van der Waals surface area (Å²) < 4.78 is 0. The Bertz CT molecular complexity index is 64.5. The number of hydrogen-bond acceptors (Lipinski definition) is 2. The molecule has 0 atom stereocenters. The minimum atomic E-state index is 1.06. The summed E-state index contributed by atoms with van der Waals surface area (Å²) in [5.41, 5.74) is 0. The molecule has 0 aromatic rings. The third-order valence-electron chi connectivity index (χ3n) is 1.11. The first-order valence-electron chi connectivity index (χ1n) is 2.50. The summed E-state index contributed by atoms with van der Waals surface area (Å²) >= 11 is 0. The lowest BCUT2D eigenvalue weighted by Crippen LogP contribution is -2.04. The van der Waals surface area contributed by atoms with Gasteiger partial charge in [-0.1, -0.05) is 0 Å². The van der Waals surface area contributed by atoms with Gasteiger partial charge in [0.05, 0.1) is 6.54 Å². The lowest BCUT2D eigenvalue weighted by Gasteiger charge is -2.04. The largest absolute Gasteiger partial charge is 0.292 e. The normalized spacial score (nSPS) is 20.3. The molecule has 1 fully saturated rings. The fraction of sp³-hybridized carbons (Fsp3) is 0.600. The molecule has 0 aliphatic carbocycles. The van der Waals surface area contributed by atoms with E-state index in [1.165, 1.54) is 12.8 Å². The molecule has 1 radical (unpaired) electrons. The zero-order chi connectivity index (χ0) is 5.11. The maximum Gasteiger partial charge on any atom is 0.0691 e. The topological polar surface area (TPSA) is 15.6 Å². The van der Waals surface area contributed by atoms with Crippen molar-refractivity contribution in [3.8, 4) is 0 Å². The Hall–Kier alpha value is -0.530. The van der Waals surface area contributed by atoms with Gasteiger partial charge < -0.3 is 0 Å². The average Bonchev–Trinajstić information content (AvgIpc) is 2.14. The summed E-state index contributed by atoms with van der Waals surface area (Å²) in [5.74, 6) is 0. The molecule has 39 valence electrons. The van der Waals surface area contributed by atoms with Crippen LogP contribution in [0.25, 0.3) is 0 Å². The number of rotatable bonds is 1. The molecule has 0 amide bonds.